The van der Waals surface area contributed by atoms with Crippen LogP contribution in [0.25, 0.3) is 0 Å². The van der Waals surface area contributed by atoms with Gasteiger partial charge in [-0.05, 0) is 48.1 Å². The Morgan fingerprint density at radius 3 is 2.43 bits per heavy atom. The van der Waals surface area contributed by atoms with E-state index >= 15 is 0 Å². The molecule has 3 N–H and O–H groups in total. The van der Waals surface area contributed by atoms with Gasteiger partial charge in [0.25, 0.3) is 5.91 Å². The van der Waals surface area contributed by atoms with Crippen LogP contribution in [0.5, 0.6) is 0 Å². The lowest BCUT2D eigenvalue weighted by Crippen LogP contribution is -2.62. The number of nitrogens with zero attached hydrogens (tertiary/aromatic N) is 2. The van der Waals surface area contributed by atoms with Crippen LogP contribution in [0, 0.1) is 5.92 Å². The normalized spacial score (nSPS) is 15.3. The van der Waals surface area contributed by atoms with E-state index in [4.69, 9.17) is 32.8 Å². The summed E-state index contributed by atoms with van der Waals surface area (Å²) in [7, 11) is 4.12. The van der Waals surface area contributed by atoms with E-state index in [-0.39, 0.29) is 31.3 Å². The second-order valence-corrected chi connectivity index (χ2v) is 12.5. The van der Waals surface area contributed by atoms with Gasteiger partial charge in [-0.2, -0.15) is 0 Å². The fraction of sp³-hybridized carbons (Fsp3) is 0.515. The second-order valence-electron chi connectivity index (χ2n) is 11.6. The Balaban J connectivity index is 1.70. The number of hydroxylamine groups is 2. The minimum atomic E-state index is -2.50. The summed E-state index contributed by atoms with van der Waals surface area (Å²) in [6.45, 7) is 0.279. The Morgan fingerprint density at radius 2 is 1.76 bits per heavy atom. The summed E-state index contributed by atoms with van der Waals surface area (Å²) in [5, 5.41) is 18.4. The number of nitrogens with one attached hydrogen (secondary N) is 2. The van der Waals surface area contributed by atoms with Gasteiger partial charge in [-0.25, -0.2) is 9.86 Å². The minimum Gasteiger partial charge on any atom is -0.445 e. The van der Waals surface area contributed by atoms with Crippen molar-refractivity contribution in [3.63, 3.8) is 0 Å². The Morgan fingerprint density at radius 1 is 1.04 bits per heavy atom. The first-order valence-electron chi connectivity index (χ1n) is 15.4. The lowest BCUT2D eigenvalue weighted by atomic mass is 9.84. The van der Waals surface area contributed by atoms with Crippen LogP contribution >= 0.6 is 23.2 Å². The first-order chi connectivity index (χ1) is 21.9. The van der Waals surface area contributed by atoms with Gasteiger partial charge in [0.15, 0.2) is 0 Å². The third-order valence-electron chi connectivity index (χ3n) is 8.21. The Bertz CT molecular complexity index is 1340. The van der Waals surface area contributed by atoms with Crippen LogP contribution < -0.4 is 10.6 Å². The summed E-state index contributed by atoms with van der Waals surface area (Å²) in [6, 6.07) is 13.1. The zero-order valence-corrected chi connectivity index (χ0v) is 28.1. The highest BCUT2D eigenvalue weighted by Gasteiger charge is 2.42. The number of alkyl carbamates (subject to hydrolysis) is 1. The smallest absolute Gasteiger partial charge is 0.408 e. The van der Waals surface area contributed by atoms with Gasteiger partial charge in [0.1, 0.15) is 12.6 Å². The van der Waals surface area contributed by atoms with Crippen molar-refractivity contribution < 1.29 is 33.9 Å². The van der Waals surface area contributed by atoms with Gasteiger partial charge in [0, 0.05) is 43.5 Å². The fourth-order valence-electron chi connectivity index (χ4n) is 5.40. The molecule has 2 atom stereocenters. The molecular weight excluding hydrogens is 635 g/mol. The van der Waals surface area contributed by atoms with Gasteiger partial charge in [-0.15, -0.1) is 0 Å². The molecule has 46 heavy (non-hydrogen) atoms. The monoisotopic (exact) mass is 678 g/mol. The summed E-state index contributed by atoms with van der Waals surface area (Å²) >= 11 is 12.3. The van der Waals surface area contributed by atoms with Crippen LogP contribution in [0.1, 0.15) is 62.5 Å². The van der Waals surface area contributed by atoms with E-state index in [0.717, 1.165) is 42.7 Å². The van der Waals surface area contributed by atoms with Crippen LogP contribution in [0.4, 0.5) is 4.79 Å². The molecule has 0 aromatic heterocycles. The molecule has 1 aliphatic rings. The van der Waals surface area contributed by atoms with Crippen molar-refractivity contribution >= 4 is 47.0 Å². The van der Waals surface area contributed by atoms with Crippen molar-refractivity contribution in [3.8, 4) is 0 Å². The third kappa shape index (κ3) is 11.5. The van der Waals surface area contributed by atoms with E-state index in [1.807, 2.05) is 18.2 Å². The fourth-order valence-corrected chi connectivity index (χ4v) is 5.84. The first kappa shape index (κ1) is 37.1. The van der Waals surface area contributed by atoms with Crippen molar-refractivity contribution in [2.45, 2.75) is 76.2 Å². The van der Waals surface area contributed by atoms with Gasteiger partial charge in [-0.1, -0.05) is 85.6 Å². The average molecular weight is 680 g/mol. The summed E-state index contributed by atoms with van der Waals surface area (Å²) in [5.41, 5.74) is -0.953. The van der Waals surface area contributed by atoms with Crippen molar-refractivity contribution in [2.24, 2.45) is 5.92 Å². The van der Waals surface area contributed by atoms with Gasteiger partial charge >= 0.3 is 6.09 Å². The maximum Gasteiger partial charge on any atom is 0.408 e. The predicted octanol–water partition coefficient (Wildman–Crippen LogP) is 4.86. The zero-order valence-electron chi connectivity index (χ0n) is 26.6. The van der Waals surface area contributed by atoms with Gasteiger partial charge < -0.3 is 25.4 Å². The Kier molecular flexibility index (Phi) is 14.6. The zero-order chi connectivity index (χ0) is 33.7. The van der Waals surface area contributed by atoms with Crippen molar-refractivity contribution in [2.75, 3.05) is 27.7 Å². The second kappa shape index (κ2) is 18.1. The molecule has 13 heteroatoms. The molecule has 11 nitrogen and oxygen atoms in total. The molecule has 0 heterocycles. The number of hydrogen-bond donors (Lipinski definition) is 3. The van der Waals surface area contributed by atoms with E-state index in [9.17, 15) is 24.3 Å². The molecule has 2 aromatic carbocycles. The first-order valence-corrected chi connectivity index (χ1v) is 16.2. The van der Waals surface area contributed by atoms with Crippen LogP contribution in [0.15, 0.2) is 48.5 Å². The SMILES string of the molecule is CON(C)C(=O)C(O)(CCC(=O)N(C)CCc1ccccc1Cl)NC(=O)[C@H](CC1CCCCC1)NC(=O)OCc1cccc(Cl)c1. The molecule has 0 aliphatic heterocycles. The van der Waals surface area contributed by atoms with Crippen LogP contribution in [-0.4, -0.2) is 78.4 Å². The van der Waals surface area contributed by atoms with E-state index in [1.54, 1.807) is 37.4 Å². The predicted molar refractivity (Wildman–Crippen MR) is 175 cm³/mol. The maximum atomic E-state index is 13.7. The quantitative estimate of drug-likeness (QED) is 0.181. The van der Waals surface area contributed by atoms with E-state index < -0.39 is 36.1 Å². The minimum absolute atomic E-state index is 0.0721. The van der Waals surface area contributed by atoms with Crippen molar-refractivity contribution in [1.82, 2.24) is 20.6 Å². The highest BCUT2D eigenvalue weighted by Crippen LogP contribution is 2.28. The number of rotatable bonds is 15. The van der Waals surface area contributed by atoms with Crippen molar-refractivity contribution in [3.05, 3.63) is 69.7 Å². The molecule has 1 saturated carbocycles. The molecule has 1 unspecified atom stereocenters. The average Bonchev–Trinajstić information content (AvgIpc) is 3.05. The largest absolute Gasteiger partial charge is 0.445 e. The van der Waals surface area contributed by atoms with Crippen LogP contribution in [-0.2, 0) is 37.0 Å². The number of carbonyl (C=O) groups excluding carboxylic acids is 4. The number of amides is 4. The molecule has 3 rings (SSSR count). The summed E-state index contributed by atoms with van der Waals surface area (Å²) in [4.78, 5) is 59.3. The third-order valence-corrected chi connectivity index (χ3v) is 8.81. The molecular formula is C33H44Cl2N4O7. The highest BCUT2D eigenvalue weighted by atomic mass is 35.5. The Hall–Kier alpha value is -3.38. The summed E-state index contributed by atoms with van der Waals surface area (Å²) in [6.07, 6.45) is 4.13. The van der Waals surface area contributed by atoms with Gasteiger partial charge in [-0.3, -0.25) is 19.2 Å². The number of hydrogen-bond acceptors (Lipinski definition) is 7. The molecule has 1 aliphatic carbocycles. The lowest BCUT2D eigenvalue weighted by molar-refractivity contribution is -0.194. The molecule has 252 valence electrons. The van der Waals surface area contributed by atoms with E-state index in [2.05, 4.69) is 10.6 Å². The molecule has 0 spiro atoms. The van der Waals surface area contributed by atoms with E-state index in [1.165, 1.54) is 19.1 Å². The summed E-state index contributed by atoms with van der Waals surface area (Å²) in [5.74, 6) is -1.97. The maximum absolute atomic E-state index is 13.7. The van der Waals surface area contributed by atoms with Crippen molar-refractivity contribution in [1.29, 1.82) is 0 Å². The summed E-state index contributed by atoms with van der Waals surface area (Å²) < 4.78 is 5.35. The number of aliphatic hydroxyl groups is 1. The van der Waals surface area contributed by atoms with Crippen LogP contribution in [0.3, 0.4) is 0 Å². The molecule has 0 radical (unpaired) electrons. The van der Waals surface area contributed by atoms with E-state index in [0.29, 0.717) is 28.6 Å². The molecule has 0 bridgehead atoms. The number of benzene rings is 2. The van der Waals surface area contributed by atoms with Gasteiger partial charge in [0.05, 0.1) is 7.11 Å². The lowest BCUT2D eigenvalue weighted by Gasteiger charge is -2.33. The number of halogens is 2. The topological polar surface area (TPSA) is 138 Å². The Labute approximate surface area is 280 Å². The number of carbonyl (C=O) groups is 4. The molecule has 1 fully saturated rings. The highest BCUT2D eigenvalue weighted by molar-refractivity contribution is 6.31. The van der Waals surface area contributed by atoms with Gasteiger partial charge in [0.2, 0.25) is 17.5 Å². The number of ether oxygens (including phenoxy) is 1. The van der Waals surface area contributed by atoms with Crippen LogP contribution in [0.2, 0.25) is 10.0 Å². The molecule has 4 amide bonds. The molecule has 2 aromatic rings. The number of likely N-dealkylation sites (N-methyl/N-ethyl adjacent to an activating group) is 2. The standard InChI is InChI=1S/C33H44Cl2N4O7/c1-38(19-17-25-13-7-8-15-27(25)35)29(40)16-18-33(44,31(42)39(2)45-3)37-30(41)28(21-23-10-5-4-6-11-23)36-32(43)46-22-24-12-9-14-26(34)20-24/h7-9,12-15,20,23,28,44H,4-6,10-11,16-19,21-22H2,1-3H3,(H,36,43)(H,37,41)/t28-,33?/m0/s1. The molecule has 0 saturated heterocycles.